The minimum atomic E-state index is -0.334. The molecule has 118 valence electrons. The van der Waals surface area contributed by atoms with E-state index in [2.05, 4.69) is 24.5 Å². The Labute approximate surface area is 123 Å². The van der Waals surface area contributed by atoms with Crippen LogP contribution in [0.25, 0.3) is 0 Å². The average molecular weight is 284 g/mol. The number of carbonyl (C=O) groups excluding carboxylic acids is 1. The van der Waals surface area contributed by atoms with Gasteiger partial charge < -0.3 is 15.7 Å². The molecule has 0 unspecified atom stereocenters. The predicted octanol–water partition coefficient (Wildman–Crippen LogP) is 2.07. The second-order valence-electron chi connectivity index (χ2n) is 6.86. The molecule has 1 aliphatic carbocycles. The van der Waals surface area contributed by atoms with Crippen LogP contribution >= 0.6 is 0 Å². The van der Waals surface area contributed by atoms with Gasteiger partial charge in [-0.3, -0.25) is 4.79 Å². The van der Waals surface area contributed by atoms with Crippen LogP contribution < -0.4 is 10.6 Å². The normalized spacial score (nSPS) is 21.5. The van der Waals surface area contributed by atoms with Gasteiger partial charge in [-0.15, -0.1) is 0 Å². The summed E-state index contributed by atoms with van der Waals surface area (Å²) in [7, 11) is 0. The van der Waals surface area contributed by atoms with Crippen LogP contribution in [0.5, 0.6) is 0 Å². The summed E-state index contributed by atoms with van der Waals surface area (Å²) in [4.78, 5) is 11.9. The molecular formula is C16H32N2O2. The van der Waals surface area contributed by atoms with Gasteiger partial charge in [-0.2, -0.15) is 0 Å². The van der Waals surface area contributed by atoms with Crippen LogP contribution in [0.2, 0.25) is 0 Å². The van der Waals surface area contributed by atoms with E-state index in [-0.39, 0.29) is 30.6 Å². The number of aliphatic hydroxyl groups is 1. The summed E-state index contributed by atoms with van der Waals surface area (Å²) in [6, 6.07) is 0.180. The standard InChI is InChI=1S/C16H32N2O2/c1-12(2)13(3)18-15(20)10-17-16(4,11-19)14-8-6-5-7-9-14/h12-14,17,19H,5-11H2,1-4H3,(H,18,20)/t13-,16+/m0/s1. The highest BCUT2D eigenvalue weighted by Gasteiger charge is 2.34. The van der Waals surface area contributed by atoms with Crippen molar-refractivity contribution in [3.05, 3.63) is 0 Å². The van der Waals surface area contributed by atoms with Crippen molar-refractivity contribution in [2.24, 2.45) is 11.8 Å². The van der Waals surface area contributed by atoms with Crippen LogP contribution in [-0.4, -0.2) is 35.7 Å². The van der Waals surface area contributed by atoms with Crippen molar-refractivity contribution in [2.45, 2.75) is 71.4 Å². The van der Waals surface area contributed by atoms with Crippen molar-refractivity contribution in [3.63, 3.8) is 0 Å². The van der Waals surface area contributed by atoms with E-state index in [1.165, 1.54) is 19.3 Å². The van der Waals surface area contributed by atoms with Gasteiger partial charge in [-0.25, -0.2) is 0 Å². The first-order valence-electron chi connectivity index (χ1n) is 8.04. The number of hydrogen-bond acceptors (Lipinski definition) is 3. The lowest BCUT2D eigenvalue weighted by Crippen LogP contribution is -2.55. The molecule has 1 amide bonds. The summed E-state index contributed by atoms with van der Waals surface area (Å²) in [5.74, 6) is 0.916. The monoisotopic (exact) mass is 284 g/mol. The van der Waals surface area contributed by atoms with Crippen molar-refractivity contribution in [1.29, 1.82) is 0 Å². The Morgan fingerprint density at radius 3 is 2.35 bits per heavy atom. The van der Waals surface area contributed by atoms with Gasteiger partial charge >= 0.3 is 0 Å². The fourth-order valence-corrected chi connectivity index (χ4v) is 2.82. The van der Waals surface area contributed by atoms with Gasteiger partial charge in [0.05, 0.1) is 13.2 Å². The van der Waals surface area contributed by atoms with Crippen LogP contribution in [0.15, 0.2) is 0 Å². The Morgan fingerprint density at radius 2 is 1.85 bits per heavy atom. The number of amides is 1. The lowest BCUT2D eigenvalue weighted by atomic mass is 9.76. The van der Waals surface area contributed by atoms with Crippen molar-refractivity contribution in [2.75, 3.05) is 13.2 Å². The zero-order valence-electron chi connectivity index (χ0n) is 13.5. The lowest BCUT2D eigenvalue weighted by molar-refractivity contribution is -0.121. The first-order chi connectivity index (χ1) is 9.39. The van der Waals surface area contributed by atoms with E-state index < -0.39 is 0 Å². The molecule has 0 aromatic heterocycles. The minimum absolute atomic E-state index is 0.0154. The highest BCUT2D eigenvalue weighted by molar-refractivity contribution is 5.78. The van der Waals surface area contributed by atoms with E-state index in [9.17, 15) is 9.90 Å². The van der Waals surface area contributed by atoms with Gasteiger partial charge in [-0.05, 0) is 38.5 Å². The van der Waals surface area contributed by atoms with Crippen molar-refractivity contribution < 1.29 is 9.90 Å². The molecule has 0 aliphatic heterocycles. The second kappa shape index (κ2) is 7.99. The molecule has 20 heavy (non-hydrogen) atoms. The molecule has 1 fully saturated rings. The Kier molecular flexibility index (Phi) is 6.96. The third kappa shape index (κ3) is 5.06. The molecule has 0 bridgehead atoms. The zero-order valence-corrected chi connectivity index (χ0v) is 13.5. The summed E-state index contributed by atoms with van der Waals surface area (Å²) in [5, 5.41) is 16.0. The molecule has 4 nitrogen and oxygen atoms in total. The Morgan fingerprint density at radius 1 is 1.25 bits per heavy atom. The maximum atomic E-state index is 11.9. The van der Waals surface area contributed by atoms with Gasteiger partial charge in [-0.1, -0.05) is 33.1 Å². The SMILES string of the molecule is CC(C)[C@H](C)NC(=O)CN[C@](C)(CO)C1CCCCC1. The second-order valence-corrected chi connectivity index (χ2v) is 6.86. The third-order valence-electron chi connectivity index (χ3n) is 4.88. The fraction of sp³-hybridized carbons (Fsp3) is 0.938. The number of nitrogens with one attached hydrogen (secondary N) is 2. The van der Waals surface area contributed by atoms with Crippen molar-refractivity contribution in [1.82, 2.24) is 10.6 Å². The molecule has 0 radical (unpaired) electrons. The maximum Gasteiger partial charge on any atom is 0.234 e. The van der Waals surface area contributed by atoms with Gasteiger partial charge in [0, 0.05) is 11.6 Å². The quantitative estimate of drug-likeness (QED) is 0.670. The topological polar surface area (TPSA) is 61.4 Å². The minimum Gasteiger partial charge on any atom is -0.394 e. The van der Waals surface area contributed by atoms with E-state index in [0.717, 1.165) is 12.8 Å². The molecule has 0 heterocycles. The number of carbonyl (C=O) groups is 1. The molecule has 1 rings (SSSR count). The van der Waals surface area contributed by atoms with Crippen LogP contribution in [-0.2, 0) is 4.79 Å². The van der Waals surface area contributed by atoms with E-state index >= 15 is 0 Å². The first-order valence-corrected chi connectivity index (χ1v) is 8.04. The molecule has 2 atom stereocenters. The molecule has 4 heteroatoms. The average Bonchev–Trinajstić information content (AvgIpc) is 2.45. The molecule has 0 spiro atoms. The van der Waals surface area contributed by atoms with Gasteiger partial charge in [0.1, 0.15) is 0 Å². The van der Waals surface area contributed by atoms with Gasteiger partial charge in [0.15, 0.2) is 0 Å². The van der Waals surface area contributed by atoms with E-state index in [4.69, 9.17) is 0 Å². The summed E-state index contributed by atoms with van der Waals surface area (Å²) < 4.78 is 0. The molecular weight excluding hydrogens is 252 g/mol. The van der Waals surface area contributed by atoms with Crippen molar-refractivity contribution >= 4 is 5.91 Å². The molecule has 0 saturated heterocycles. The van der Waals surface area contributed by atoms with Crippen LogP contribution in [0.1, 0.15) is 59.8 Å². The fourth-order valence-electron chi connectivity index (χ4n) is 2.82. The highest BCUT2D eigenvalue weighted by atomic mass is 16.3. The largest absolute Gasteiger partial charge is 0.394 e. The van der Waals surface area contributed by atoms with E-state index in [1.54, 1.807) is 0 Å². The van der Waals surface area contributed by atoms with Crippen LogP contribution in [0.4, 0.5) is 0 Å². The first kappa shape index (κ1) is 17.4. The van der Waals surface area contributed by atoms with E-state index in [1.807, 2.05) is 13.8 Å². The van der Waals surface area contributed by atoms with Crippen LogP contribution in [0.3, 0.4) is 0 Å². The summed E-state index contributed by atoms with van der Waals surface area (Å²) in [6.07, 6.45) is 6.06. The Bertz CT molecular complexity index is 301. The third-order valence-corrected chi connectivity index (χ3v) is 4.88. The smallest absolute Gasteiger partial charge is 0.234 e. The molecule has 0 aromatic carbocycles. The summed E-state index contributed by atoms with van der Waals surface area (Å²) in [6.45, 7) is 8.63. The highest BCUT2D eigenvalue weighted by Crippen LogP contribution is 2.32. The van der Waals surface area contributed by atoms with Gasteiger partial charge in [0.2, 0.25) is 5.91 Å². The molecule has 0 aromatic rings. The molecule has 1 saturated carbocycles. The lowest BCUT2D eigenvalue weighted by Gasteiger charge is -2.39. The maximum absolute atomic E-state index is 11.9. The molecule has 3 N–H and O–H groups in total. The number of rotatable bonds is 7. The molecule has 1 aliphatic rings. The number of aliphatic hydroxyl groups excluding tert-OH is 1. The van der Waals surface area contributed by atoms with Gasteiger partial charge in [0.25, 0.3) is 0 Å². The summed E-state index contributed by atoms with van der Waals surface area (Å²) >= 11 is 0. The predicted molar refractivity (Wildman–Crippen MR) is 82.5 cm³/mol. The van der Waals surface area contributed by atoms with E-state index in [0.29, 0.717) is 11.8 Å². The Balaban J connectivity index is 2.45. The van der Waals surface area contributed by atoms with Crippen molar-refractivity contribution in [3.8, 4) is 0 Å². The van der Waals surface area contributed by atoms with Crippen LogP contribution in [0, 0.1) is 11.8 Å². The zero-order chi connectivity index (χ0) is 15.2. The number of hydrogen-bond donors (Lipinski definition) is 3. The summed E-state index contributed by atoms with van der Waals surface area (Å²) in [5.41, 5.74) is -0.334. The Hall–Kier alpha value is -0.610.